The third-order valence-corrected chi connectivity index (χ3v) is 5.32. The summed E-state index contributed by atoms with van der Waals surface area (Å²) in [5, 5.41) is 5.61. The topological polar surface area (TPSA) is 72.9 Å². The average Bonchev–Trinajstić information content (AvgIpc) is 3.03. The Morgan fingerprint density at radius 2 is 1.65 bits per heavy atom. The van der Waals surface area contributed by atoms with Gasteiger partial charge in [0.25, 0.3) is 5.91 Å². The van der Waals surface area contributed by atoms with Crippen LogP contribution in [0, 0.1) is 6.92 Å². The third-order valence-electron chi connectivity index (χ3n) is 4.88. The van der Waals surface area contributed by atoms with Crippen LogP contribution in [0.1, 0.15) is 28.5 Å². The van der Waals surface area contributed by atoms with Gasteiger partial charge in [-0.05, 0) is 61.4 Å². The van der Waals surface area contributed by atoms with Crippen LogP contribution in [0.25, 0.3) is 16.8 Å². The molecule has 0 bridgehead atoms. The Kier molecular flexibility index (Phi) is 6.82. The lowest BCUT2D eigenvalue weighted by Gasteiger charge is -2.18. The number of rotatable bonds is 4. The molecule has 1 aromatic heterocycles. The number of aryl methyl sites for hydroxylation is 1. The number of nitrogens with zero attached hydrogens (tertiary/aromatic N) is 2. The van der Waals surface area contributed by atoms with E-state index in [-0.39, 0.29) is 38.2 Å². The second kappa shape index (κ2) is 9.03. The second-order valence-corrected chi connectivity index (χ2v) is 8.29. The van der Waals surface area contributed by atoms with Gasteiger partial charge in [-0.2, -0.15) is 31.4 Å². The predicted octanol–water partition coefficient (Wildman–Crippen LogP) is 6.44. The van der Waals surface area contributed by atoms with Crippen molar-refractivity contribution in [1.82, 2.24) is 15.1 Å². The van der Waals surface area contributed by atoms with Crippen molar-refractivity contribution in [1.29, 1.82) is 0 Å². The summed E-state index contributed by atoms with van der Waals surface area (Å²) in [6.45, 7) is 2.20. The number of nitrogen functional groups attached to an aromatic ring is 1. The monoisotopic (exact) mass is 524 g/mol. The van der Waals surface area contributed by atoms with Crippen molar-refractivity contribution in [2.24, 2.45) is 0 Å². The highest BCUT2D eigenvalue weighted by Gasteiger charge is 2.40. The molecule has 0 radical (unpaired) electrons. The molecule has 0 saturated heterocycles. The van der Waals surface area contributed by atoms with Crippen LogP contribution in [0.5, 0.6) is 0 Å². The minimum atomic E-state index is -4.88. The summed E-state index contributed by atoms with van der Waals surface area (Å²) >= 11 is 11.9. The molecule has 1 atom stereocenters. The van der Waals surface area contributed by atoms with Crippen LogP contribution < -0.4 is 11.1 Å². The lowest BCUT2D eigenvalue weighted by molar-refractivity contribution is -0.149. The number of carbonyl (C=O) groups excluding carboxylic acids is 1. The van der Waals surface area contributed by atoms with Gasteiger partial charge in [0.15, 0.2) is 5.69 Å². The molecule has 0 fully saturated rings. The van der Waals surface area contributed by atoms with Crippen LogP contribution in [-0.2, 0) is 6.18 Å². The fourth-order valence-electron chi connectivity index (χ4n) is 3.20. The number of amides is 1. The van der Waals surface area contributed by atoms with Gasteiger partial charge in [-0.1, -0.05) is 23.2 Å². The number of aromatic nitrogens is 2. The second-order valence-electron chi connectivity index (χ2n) is 7.41. The molecule has 0 spiro atoms. The molecule has 1 amide bonds. The largest absolute Gasteiger partial charge is 0.435 e. The zero-order valence-electron chi connectivity index (χ0n) is 17.4. The Balaban J connectivity index is 2.08. The number of anilines is 1. The standard InChI is InChI=1S/C21H16Cl2F6N4O/c1-9-5-14(3-4-15(9)19(34)31-10(2)20(24,25)26)33-18(30)16(17(32-33)21(27,28)29)11-6-12(22)8-13(23)7-11/h3-8,10H,30H2,1-2H3,(H,31,34). The molecule has 34 heavy (non-hydrogen) atoms. The quantitative estimate of drug-likeness (QED) is 0.386. The Morgan fingerprint density at radius 1 is 1.06 bits per heavy atom. The average molecular weight is 525 g/mol. The number of hydrogen-bond acceptors (Lipinski definition) is 3. The Labute approximate surface area is 199 Å². The minimum Gasteiger partial charge on any atom is -0.383 e. The van der Waals surface area contributed by atoms with Gasteiger partial charge in [-0.3, -0.25) is 4.79 Å². The number of carbonyl (C=O) groups is 1. The Hall–Kier alpha value is -2.92. The molecule has 182 valence electrons. The van der Waals surface area contributed by atoms with Crippen LogP contribution in [0.15, 0.2) is 36.4 Å². The van der Waals surface area contributed by atoms with Crippen LogP contribution in [-0.4, -0.2) is 27.9 Å². The summed E-state index contributed by atoms with van der Waals surface area (Å²) in [6.07, 6.45) is -9.52. The molecule has 3 aromatic rings. The van der Waals surface area contributed by atoms with E-state index in [1.807, 2.05) is 5.32 Å². The maximum atomic E-state index is 13.8. The van der Waals surface area contributed by atoms with Gasteiger partial charge < -0.3 is 11.1 Å². The van der Waals surface area contributed by atoms with Gasteiger partial charge in [-0.25, -0.2) is 4.68 Å². The maximum Gasteiger partial charge on any atom is 0.435 e. The van der Waals surface area contributed by atoms with Crippen LogP contribution in [0.4, 0.5) is 32.2 Å². The molecule has 13 heteroatoms. The van der Waals surface area contributed by atoms with Crippen LogP contribution in [0.3, 0.4) is 0 Å². The summed E-state index contributed by atoms with van der Waals surface area (Å²) < 4.78 is 80.3. The molecule has 5 nitrogen and oxygen atoms in total. The Morgan fingerprint density at radius 3 is 2.15 bits per heavy atom. The van der Waals surface area contributed by atoms with E-state index in [4.69, 9.17) is 28.9 Å². The highest BCUT2D eigenvalue weighted by molar-refractivity contribution is 6.35. The molecule has 1 unspecified atom stereocenters. The SMILES string of the molecule is Cc1cc(-n2nc(C(F)(F)F)c(-c3cc(Cl)cc(Cl)c3)c2N)ccc1C(=O)NC(C)C(F)(F)F. The summed E-state index contributed by atoms with van der Waals surface area (Å²) in [7, 11) is 0. The van der Waals surface area contributed by atoms with Crippen molar-refractivity contribution < 1.29 is 31.1 Å². The molecule has 1 heterocycles. The van der Waals surface area contributed by atoms with E-state index in [2.05, 4.69) is 5.10 Å². The van der Waals surface area contributed by atoms with Crippen LogP contribution >= 0.6 is 23.2 Å². The predicted molar refractivity (Wildman–Crippen MR) is 116 cm³/mol. The highest BCUT2D eigenvalue weighted by Crippen LogP contribution is 2.42. The minimum absolute atomic E-state index is 0.0116. The van der Waals surface area contributed by atoms with E-state index < -0.39 is 35.6 Å². The number of benzene rings is 2. The van der Waals surface area contributed by atoms with Gasteiger partial charge >= 0.3 is 12.4 Å². The molecular formula is C21H16Cl2F6N4O. The summed E-state index contributed by atoms with van der Waals surface area (Å²) in [5.74, 6) is -1.37. The van der Waals surface area contributed by atoms with Crippen molar-refractivity contribution in [2.45, 2.75) is 32.2 Å². The zero-order chi connectivity index (χ0) is 25.6. The number of nitrogens with one attached hydrogen (secondary N) is 1. The molecule has 0 saturated carbocycles. The first-order valence-electron chi connectivity index (χ1n) is 9.50. The normalized spacial score (nSPS) is 13.1. The fourth-order valence-corrected chi connectivity index (χ4v) is 3.73. The molecule has 0 aliphatic carbocycles. The number of alkyl halides is 6. The number of hydrogen-bond donors (Lipinski definition) is 2. The molecule has 0 aliphatic heterocycles. The summed E-state index contributed by atoms with van der Waals surface area (Å²) in [4.78, 5) is 12.2. The number of halogens is 8. The highest BCUT2D eigenvalue weighted by atomic mass is 35.5. The summed E-state index contributed by atoms with van der Waals surface area (Å²) in [5.41, 5.74) is 4.44. The van der Waals surface area contributed by atoms with E-state index in [9.17, 15) is 31.1 Å². The molecular weight excluding hydrogens is 509 g/mol. The lowest BCUT2D eigenvalue weighted by Crippen LogP contribution is -2.43. The zero-order valence-corrected chi connectivity index (χ0v) is 19.0. The van der Waals surface area contributed by atoms with Gasteiger partial charge in [0.05, 0.1) is 11.3 Å². The van der Waals surface area contributed by atoms with E-state index in [1.165, 1.54) is 43.3 Å². The van der Waals surface area contributed by atoms with Crippen molar-refractivity contribution in [3.05, 3.63) is 63.3 Å². The maximum absolute atomic E-state index is 13.8. The molecule has 0 aliphatic rings. The van der Waals surface area contributed by atoms with E-state index in [0.717, 1.165) is 11.6 Å². The summed E-state index contributed by atoms with van der Waals surface area (Å²) in [6, 6.07) is 5.42. The van der Waals surface area contributed by atoms with Gasteiger partial charge in [0, 0.05) is 15.6 Å². The van der Waals surface area contributed by atoms with Crippen molar-refractivity contribution in [3.8, 4) is 16.8 Å². The van der Waals surface area contributed by atoms with Gasteiger partial charge in [-0.15, -0.1) is 0 Å². The Bertz CT molecular complexity index is 1230. The molecule has 3 N–H and O–H groups in total. The number of nitrogens with two attached hydrogens (primary N) is 1. The first-order chi connectivity index (χ1) is 15.6. The van der Waals surface area contributed by atoms with Gasteiger partial charge in [0.2, 0.25) is 0 Å². The van der Waals surface area contributed by atoms with Crippen molar-refractivity contribution >= 4 is 34.9 Å². The van der Waals surface area contributed by atoms with E-state index >= 15 is 0 Å². The van der Waals surface area contributed by atoms with Gasteiger partial charge in [0.1, 0.15) is 11.9 Å². The first-order valence-corrected chi connectivity index (χ1v) is 10.3. The lowest BCUT2D eigenvalue weighted by atomic mass is 10.0. The van der Waals surface area contributed by atoms with Crippen molar-refractivity contribution in [3.63, 3.8) is 0 Å². The van der Waals surface area contributed by atoms with E-state index in [1.54, 1.807) is 0 Å². The fraction of sp³-hybridized carbons (Fsp3) is 0.238. The van der Waals surface area contributed by atoms with Crippen LogP contribution in [0.2, 0.25) is 10.0 Å². The molecule has 3 rings (SSSR count). The first kappa shape index (κ1) is 25.7. The molecule has 2 aromatic carbocycles. The smallest absolute Gasteiger partial charge is 0.383 e. The van der Waals surface area contributed by atoms with Crippen molar-refractivity contribution in [2.75, 3.05) is 5.73 Å². The van der Waals surface area contributed by atoms with E-state index in [0.29, 0.717) is 0 Å². The third kappa shape index (κ3) is 5.25.